The second-order valence-electron chi connectivity index (χ2n) is 4.44. The van der Waals surface area contributed by atoms with Crippen LogP contribution in [0.2, 0.25) is 5.02 Å². The molecule has 21 heavy (non-hydrogen) atoms. The molecule has 1 amide bonds. The van der Waals surface area contributed by atoms with Crippen molar-refractivity contribution < 1.29 is 9.53 Å². The first-order valence-corrected chi connectivity index (χ1v) is 8.06. The van der Waals surface area contributed by atoms with Crippen molar-refractivity contribution in [3.8, 4) is 5.75 Å². The minimum Gasteiger partial charge on any atom is -0.481 e. The predicted octanol–water partition coefficient (Wildman–Crippen LogP) is 4.47. The van der Waals surface area contributed by atoms with Gasteiger partial charge in [0.15, 0.2) is 6.10 Å². The van der Waals surface area contributed by atoms with Crippen LogP contribution in [0, 0.1) is 0 Å². The molecular formula is C16H16ClNO2S. The Kier molecular flexibility index (Phi) is 5.53. The van der Waals surface area contributed by atoms with Gasteiger partial charge in [-0.3, -0.25) is 4.79 Å². The van der Waals surface area contributed by atoms with Crippen molar-refractivity contribution in [2.75, 3.05) is 11.6 Å². The monoisotopic (exact) mass is 321 g/mol. The fraction of sp³-hybridized carbons (Fsp3) is 0.188. The van der Waals surface area contributed by atoms with Gasteiger partial charge in [0.05, 0.1) is 0 Å². The molecule has 0 radical (unpaired) electrons. The Balaban J connectivity index is 1.99. The van der Waals surface area contributed by atoms with E-state index < -0.39 is 6.10 Å². The molecule has 0 bridgehead atoms. The molecular weight excluding hydrogens is 306 g/mol. The predicted molar refractivity (Wildman–Crippen MR) is 88.4 cm³/mol. The molecule has 5 heteroatoms. The summed E-state index contributed by atoms with van der Waals surface area (Å²) >= 11 is 7.51. The van der Waals surface area contributed by atoms with E-state index in [4.69, 9.17) is 16.3 Å². The molecule has 1 N–H and O–H groups in total. The topological polar surface area (TPSA) is 38.3 Å². The lowest BCUT2D eigenvalue weighted by atomic mass is 10.3. The molecule has 2 rings (SSSR count). The van der Waals surface area contributed by atoms with Gasteiger partial charge in [-0.15, -0.1) is 11.8 Å². The minimum atomic E-state index is -0.610. The molecule has 0 saturated heterocycles. The lowest BCUT2D eigenvalue weighted by molar-refractivity contribution is -0.122. The SMILES string of the molecule is CSc1cccc(NC(=O)[C@@H](C)Oc2cccc(Cl)c2)c1. The first-order chi connectivity index (χ1) is 10.1. The summed E-state index contributed by atoms with van der Waals surface area (Å²) in [6, 6.07) is 14.7. The van der Waals surface area contributed by atoms with Gasteiger partial charge in [-0.2, -0.15) is 0 Å². The Hall–Kier alpha value is -1.65. The summed E-state index contributed by atoms with van der Waals surface area (Å²) in [6.45, 7) is 1.70. The molecule has 0 aromatic heterocycles. The number of rotatable bonds is 5. The third-order valence-corrected chi connectivity index (χ3v) is 3.78. The minimum absolute atomic E-state index is 0.201. The van der Waals surface area contributed by atoms with Crippen LogP contribution in [0.3, 0.4) is 0 Å². The lowest BCUT2D eigenvalue weighted by Gasteiger charge is -2.15. The summed E-state index contributed by atoms with van der Waals surface area (Å²) < 4.78 is 5.58. The van der Waals surface area contributed by atoms with Crippen LogP contribution in [0.5, 0.6) is 5.75 Å². The number of nitrogens with one attached hydrogen (secondary N) is 1. The Morgan fingerprint density at radius 3 is 2.71 bits per heavy atom. The van der Waals surface area contributed by atoms with Gasteiger partial charge in [0.1, 0.15) is 5.75 Å². The van der Waals surface area contributed by atoms with E-state index in [0.29, 0.717) is 10.8 Å². The van der Waals surface area contributed by atoms with Gasteiger partial charge in [-0.1, -0.05) is 23.7 Å². The van der Waals surface area contributed by atoms with Crippen molar-refractivity contribution in [3.05, 3.63) is 53.6 Å². The van der Waals surface area contributed by atoms with Crippen LogP contribution in [0.25, 0.3) is 0 Å². The molecule has 0 saturated carbocycles. The highest BCUT2D eigenvalue weighted by Crippen LogP contribution is 2.21. The number of halogens is 1. The molecule has 1 atom stereocenters. The summed E-state index contributed by atoms with van der Waals surface area (Å²) in [5.74, 6) is 0.372. The van der Waals surface area contributed by atoms with Gasteiger partial charge in [-0.25, -0.2) is 0 Å². The third-order valence-electron chi connectivity index (χ3n) is 2.82. The van der Waals surface area contributed by atoms with Gasteiger partial charge in [-0.05, 0) is 49.6 Å². The van der Waals surface area contributed by atoms with E-state index >= 15 is 0 Å². The number of thioether (sulfide) groups is 1. The summed E-state index contributed by atoms with van der Waals surface area (Å²) in [5.41, 5.74) is 0.758. The maximum atomic E-state index is 12.1. The Labute approximate surface area is 133 Å². The van der Waals surface area contributed by atoms with Crippen molar-refractivity contribution in [2.24, 2.45) is 0 Å². The summed E-state index contributed by atoms with van der Waals surface area (Å²) in [6.07, 6.45) is 1.38. The summed E-state index contributed by atoms with van der Waals surface area (Å²) in [7, 11) is 0. The fourth-order valence-corrected chi connectivity index (χ4v) is 2.38. The van der Waals surface area contributed by atoms with Gasteiger partial charge in [0, 0.05) is 15.6 Å². The molecule has 2 aromatic carbocycles. The van der Waals surface area contributed by atoms with Crippen LogP contribution in [-0.2, 0) is 4.79 Å². The molecule has 0 heterocycles. The van der Waals surface area contributed by atoms with Crippen LogP contribution in [-0.4, -0.2) is 18.3 Å². The van der Waals surface area contributed by atoms with Crippen molar-refractivity contribution in [3.63, 3.8) is 0 Å². The zero-order chi connectivity index (χ0) is 15.2. The second-order valence-corrected chi connectivity index (χ2v) is 5.75. The van der Waals surface area contributed by atoms with E-state index in [1.165, 1.54) is 0 Å². The lowest BCUT2D eigenvalue weighted by Crippen LogP contribution is -2.30. The summed E-state index contributed by atoms with van der Waals surface area (Å²) in [5, 5.41) is 3.42. The maximum absolute atomic E-state index is 12.1. The van der Waals surface area contributed by atoms with Gasteiger partial charge in [0.2, 0.25) is 0 Å². The van der Waals surface area contributed by atoms with Crippen molar-refractivity contribution in [1.29, 1.82) is 0 Å². The highest BCUT2D eigenvalue weighted by atomic mass is 35.5. The second kappa shape index (κ2) is 7.38. The zero-order valence-corrected chi connectivity index (χ0v) is 13.4. The number of anilines is 1. The number of ether oxygens (including phenoxy) is 1. The molecule has 3 nitrogen and oxygen atoms in total. The normalized spacial score (nSPS) is 11.8. The number of hydrogen-bond donors (Lipinski definition) is 1. The highest BCUT2D eigenvalue weighted by Gasteiger charge is 2.15. The molecule has 0 fully saturated rings. The van der Waals surface area contributed by atoms with Gasteiger partial charge >= 0.3 is 0 Å². The molecule has 0 aliphatic rings. The quantitative estimate of drug-likeness (QED) is 0.826. The highest BCUT2D eigenvalue weighted by molar-refractivity contribution is 7.98. The Bertz CT molecular complexity index is 633. The summed E-state index contributed by atoms with van der Waals surface area (Å²) in [4.78, 5) is 13.2. The van der Waals surface area contributed by atoms with Gasteiger partial charge in [0.25, 0.3) is 5.91 Å². The van der Waals surface area contributed by atoms with Crippen LogP contribution in [0.15, 0.2) is 53.4 Å². The molecule has 2 aromatic rings. The Morgan fingerprint density at radius 2 is 2.00 bits per heavy atom. The maximum Gasteiger partial charge on any atom is 0.265 e. The van der Waals surface area contributed by atoms with E-state index in [0.717, 1.165) is 10.6 Å². The Morgan fingerprint density at radius 1 is 1.24 bits per heavy atom. The van der Waals surface area contributed by atoms with E-state index in [1.807, 2.05) is 30.5 Å². The van der Waals surface area contributed by atoms with Gasteiger partial charge < -0.3 is 10.1 Å². The number of hydrogen-bond acceptors (Lipinski definition) is 3. The van der Waals surface area contributed by atoms with Crippen LogP contribution in [0.1, 0.15) is 6.92 Å². The first kappa shape index (κ1) is 15.7. The molecule has 0 spiro atoms. The van der Waals surface area contributed by atoms with Crippen molar-refractivity contribution in [2.45, 2.75) is 17.9 Å². The molecule has 110 valence electrons. The van der Waals surface area contributed by atoms with E-state index in [2.05, 4.69) is 5.32 Å². The standard InChI is InChI=1S/C16H16ClNO2S/c1-11(20-14-7-3-5-12(17)9-14)16(19)18-13-6-4-8-15(10-13)21-2/h3-11H,1-2H3,(H,18,19)/t11-/m1/s1. The molecule has 0 aliphatic heterocycles. The fourth-order valence-electron chi connectivity index (χ4n) is 1.74. The first-order valence-electron chi connectivity index (χ1n) is 6.45. The number of carbonyl (C=O) groups excluding carboxylic acids is 1. The molecule has 0 unspecified atom stereocenters. The molecule has 0 aliphatic carbocycles. The van der Waals surface area contributed by atoms with Crippen LogP contribution in [0.4, 0.5) is 5.69 Å². The average molecular weight is 322 g/mol. The number of amides is 1. The van der Waals surface area contributed by atoms with Crippen molar-refractivity contribution in [1.82, 2.24) is 0 Å². The van der Waals surface area contributed by atoms with Crippen molar-refractivity contribution >= 4 is 35.0 Å². The smallest absolute Gasteiger partial charge is 0.265 e. The average Bonchev–Trinajstić information content (AvgIpc) is 2.47. The van der Waals surface area contributed by atoms with Crippen LogP contribution >= 0.6 is 23.4 Å². The van der Waals surface area contributed by atoms with E-state index in [-0.39, 0.29) is 5.91 Å². The third kappa shape index (κ3) is 4.69. The zero-order valence-electron chi connectivity index (χ0n) is 11.8. The number of benzene rings is 2. The van der Waals surface area contributed by atoms with E-state index in [9.17, 15) is 4.79 Å². The number of carbonyl (C=O) groups is 1. The van der Waals surface area contributed by atoms with Crippen LogP contribution < -0.4 is 10.1 Å². The largest absolute Gasteiger partial charge is 0.481 e. The van der Waals surface area contributed by atoms with E-state index in [1.54, 1.807) is 43.0 Å².